The molecule has 8 rings (SSSR count). The number of carbonyl (C=O) groups excluding carboxylic acids is 3. The Morgan fingerprint density at radius 3 is 2.57 bits per heavy atom. The van der Waals surface area contributed by atoms with E-state index in [4.69, 9.17) is 9.40 Å². The number of aryl methyl sites for hydroxylation is 2. The Bertz CT molecular complexity index is 2690. The summed E-state index contributed by atoms with van der Waals surface area (Å²) in [5.74, 6) is 5.31. The maximum atomic E-state index is 12.8. The number of hydrogen-bond acceptors (Lipinski definition) is 7. The molecule has 250 valence electrons. The van der Waals surface area contributed by atoms with Crippen molar-refractivity contribution in [3.05, 3.63) is 113 Å². The van der Waals surface area contributed by atoms with Gasteiger partial charge >= 0.3 is 11.7 Å². The van der Waals surface area contributed by atoms with Gasteiger partial charge in [0.25, 0.3) is 5.91 Å². The maximum Gasteiger partial charge on any atom is 0.328 e. The van der Waals surface area contributed by atoms with E-state index in [1.807, 2.05) is 60.8 Å². The van der Waals surface area contributed by atoms with Crippen LogP contribution in [0.2, 0.25) is 0 Å². The van der Waals surface area contributed by atoms with Crippen LogP contribution in [0.3, 0.4) is 0 Å². The standard InChI is InChI=1S/C39H29N7O5/c1-44-32-12-10-25(19-33(32)45(2)39(44)50)27-7-3-6-24-18-31(42-21-29(24)27)26-9-11-30(41-20-26)37(48)40-15-4-5-23-8-13-35-28(17-23)34(22-51-35)46-16-14-36(47)43-38(46)49/h3,6-13,17-22H,14-16H2,1-2H3,(H,40,48)(H,43,47,49). The number of aromatic nitrogens is 4. The molecule has 5 heterocycles. The third-order valence-corrected chi connectivity index (χ3v) is 9.11. The summed E-state index contributed by atoms with van der Waals surface area (Å²) in [6, 6.07) is 22.4. The van der Waals surface area contributed by atoms with Gasteiger partial charge in [0.15, 0.2) is 0 Å². The fraction of sp³-hybridized carbons (Fsp3) is 0.128. The molecular weight excluding hydrogens is 646 g/mol. The normalized spacial score (nSPS) is 13.0. The van der Waals surface area contributed by atoms with Gasteiger partial charge in [-0.05, 0) is 65.0 Å². The zero-order chi connectivity index (χ0) is 35.2. The highest BCUT2D eigenvalue weighted by molar-refractivity contribution is 6.09. The van der Waals surface area contributed by atoms with Crippen LogP contribution < -0.4 is 21.2 Å². The average Bonchev–Trinajstić information content (AvgIpc) is 3.66. The molecule has 3 aromatic carbocycles. The van der Waals surface area contributed by atoms with E-state index in [0.29, 0.717) is 22.2 Å². The number of imidazole rings is 1. The van der Waals surface area contributed by atoms with Crippen LogP contribution in [-0.2, 0) is 18.9 Å². The van der Waals surface area contributed by atoms with Crippen molar-refractivity contribution in [3.63, 3.8) is 0 Å². The van der Waals surface area contributed by atoms with Crippen LogP contribution in [0.5, 0.6) is 0 Å². The number of furan rings is 1. The molecule has 0 aliphatic carbocycles. The fourth-order valence-electron chi connectivity index (χ4n) is 6.39. The molecule has 1 saturated heterocycles. The minimum absolute atomic E-state index is 0.0692. The van der Waals surface area contributed by atoms with Crippen molar-refractivity contribution < 1.29 is 18.8 Å². The molecule has 51 heavy (non-hydrogen) atoms. The van der Waals surface area contributed by atoms with Gasteiger partial charge in [0.05, 0.1) is 29.0 Å². The molecule has 0 atom stereocenters. The van der Waals surface area contributed by atoms with E-state index in [-0.39, 0.29) is 42.7 Å². The first-order valence-corrected chi connectivity index (χ1v) is 16.2. The highest BCUT2D eigenvalue weighted by Crippen LogP contribution is 2.33. The van der Waals surface area contributed by atoms with Crippen molar-refractivity contribution in [2.45, 2.75) is 6.42 Å². The van der Waals surface area contributed by atoms with Crippen molar-refractivity contribution in [1.29, 1.82) is 0 Å². The molecule has 4 aromatic heterocycles. The van der Waals surface area contributed by atoms with E-state index in [2.05, 4.69) is 27.5 Å². The lowest BCUT2D eigenvalue weighted by Crippen LogP contribution is -2.49. The molecule has 0 saturated carbocycles. The summed E-state index contributed by atoms with van der Waals surface area (Å²) in [4.78, 5) is 59.7. The number of rotatable bonds is 5. The van der Waals surface area contributed by atoms with E-state index in [0.717, 1.165) is 44.2 Å². The van der Waals surface area contributed by atoms with Crippen molar-refractivity contribution in [2.75, 3.05) is 18.0 Å². The number of amides is 4. The number of hydrogen-bond donors (Lipinski definition) is 2. The molecule has 0 unspecified atom stereocenters. The second-order valence-electron chi connectivity index (χ2n) is 12.2. The Morgan fingerprint density at radius 2 is 1.75 bits per heavy atom. The second kappa shape index (κ2) is 12.5. The molecular formula is C39H29N7O5. The van der Waals surface area contributed by atoms with E-state index in [1.165, 1.54) is 11.2 Å². The van der Waals surface area contributed by atoms with E-state index in [1.54, 1.807) is 47.6 Å². The number of nitrogens with zero attached hydrogens (tertiary/aromatic N) is 5. The second-order valence-corrected chi connectivity index (χ2v) is 12.2. The minimum atomic E-state index is -0.494. The number of nitrogens with one attached hydrogen (secondary N) is 2. The zero-order valence-corrected chi connectivity index (χ0v) is 27.6. The zero-order valence-electron chi connectivity index (χ0n) is 27.6. The summed E-state index contributed by atoms with van der Waals surface area (Å²) >= 11 is 0. The molecule has 0 radical (unpaired) electrons. The van der Waals surface area contributed by atoms with Crippen LogP contribution in [0.25, 0.3) is 55.2 Å². The predicted molar refractivity (Wildman–Crippen MR) is 193 cm³/mol. The van der Waals surface area contributed by atoms with Crippen LogP contribution in [0.4, 0.5) is 10.5 Å². The number of benzene rings is 3. The van der Waals surface area contributed by atoms with E-state index < -0.39 is 6.03 Å². The smallest absolute Gasteiger partial charge is 0.328 e. The molecule has 0 bridgehead atoms. The quantitative estimate of drug-likeness (QED) is 0.241. The van der Waals surface area contributed by atoms with Gasteiger partial charge in [0, 0.05) is 61.4 Å². The van der Waals surface area contributed by atoms with Crippen LogP contribution >= 0.6 is 0 Å². The van der Waals surface area contributed by atoms with Crippen molar-refractivity contribution in [2.24, 2.45) is 14.1 Å². The van der Waals surface area contributed by atoms with Crippen LogP contribution in [0, 0.1) is 11.8 Å². The van der Waals surface area contributed by atoms with Gasteiger partial charge in [-0.2, -0.15) is 0 Å². The first-order chi connectivity index (χ1) is 24.7. The van der Waals surface area contributed by atoms with Gasteiger partial charge in [0.1, 0.15) is 17.5 Å². The summed E-state index contributed by atoms with van der Waals surface area (Å²) in [5, 5.41) is 7.76. The summed E-state index contributed by atoms with van der Waals surface area (Å²) in [6.07, 6.45) is 5.15. The SMILES string of the molecule is Cn1c(=O)n(C)c2cc(-c3cccc4cc(-c5ccc(C(=O)NCC#Cc6ccc7occ(N8CCC(=O)NC8=O)c7c6)nc5)ncc34)ccc21. The summed E-state index contributed by atoms with van der Waals surface area (Å²) in [6.45, 7) is 0.353. The number of imide groups is 1. The maximum absolute atomic E-state index is 12.8. The number of urea groups is 1. The van der Waals surface area contributed by atoms with E-state index >= 15 is 0 Å². The molecule has 7 aromatic rings. The summed E-state index contributed by atoms with van der Waals surface area (Å²) in [7, 11) is 3.54. The lowest BCUT2D eigenvalue weighted by atomic mass is 9.98. The third kappa shape index (κ3) is 5.66. The monoisotopic (exact) mass is 675 g/mol. The average molecular weight is 676 g/mol. The third-order valence-electron chi connectivity index (χ3n) is 9.11. The van der Waals surface area contributed by atoms with Crippen LogP contribution in [-0.4, -0.2) is 50.0 Å². The molecule has 12 nitrogen and oxygen atoms in total. The van der Waals surface area contributed by atoms with Crippen LogP contribution in [0.1, 0.15) is 22.5 Å². The molecule has 0 spiro atoms. The Kier molecular flexibility index (Phi) is 7.65. The van der Waals surface area contributed by atoms with Crippen molar-refractivity contribution in [3.8, 4) is 34.2 Å². The Morgan fingerprint density at radius 1 is 0.902 bits per heavy atom. The Balaban J connectivity index is 0.946. The topological polar surface area (TPSA) is 144 Å². The highest BCUT2D eigenvalue weighted by atomic mass is 16.3. The lowest BCUT2D eigenvalue weighted by molar-refractivity contribution is -0.120. The first-order valence-electron chi connectivity index (χ1n) is 16.2. The molecule has 1 fully saturated rings. The van der Waals surface area contributed by atoms with Crippen molar-refractivity contribution >= 4 is 56.3 Å². The number of pyridine rings is 2. The predicted octanol–water partition coefficient (Wildman–Crippen LogP) is 5.13. The number of anilines is 1. The molecule has 4 amide bonds. The lowest BCUT2D eigenvalue weighted by Gasteiger charge is -2.25. The Hall–Kier alpha value is -7.00. The first kappa shape index (κ1) is 31.3. The van der Waals surface area contributed by atoms with Gasteiger partial charge in [-0.25, -0.2) is 9.59 Å². The largest absolute Gasteiger partial charge is 0.462 e. The number of carbonyl (C=O) groups is 3. The number of fused-ring (bicyclic) bond motifs is 3. The van der Waals surface area contributed by atoms with E-state index in [9.17, 15) is 19.2 Å². The van der Waals surface area contributed by atoms with Crippen molar-refractivity contribution in [1.82, 2.24) is 29.7 Å². The molecule has 1 aliphatic rings. The van der Waals surface area contributed by atoms with Crippen LogP contribution in [0.15, 0.2) is 101 Å². The van der Waals surface area contributed by atoms with Gasteiger partial charge in [0.2, 0.25) is 5.91 Å². The van der Waals surface area contributed by atoms with Gasteiger partial charge < -0.3 is 9.73 Å². The highest BCUT2D eigenvalue weighted by Gasteiger charge is 2.27. The Labute approximate surface area is 290 Å². The summed E-state index contributed by atoms with van der Waals surface area (Å²) in [5.41, 5.74) is 7.21. The van der Waals surface area contributed by atoms with Gasteiger partial charge in [-0.1, -0.05) is 36.1 Å². The fourth-order valence-corrected chi connectivity index (χ4v) is 6.39. The molecule has 2 N–H and O–H groups in total. The molecule has 1 aliphatic heterocycles. The summed E-state index contributed by atoms with van der Waals surface area (Å²) < 4.78 is 8.89. The minimum Gasteiger partial charge on any atom is -0.462 e. The van der Waals surface area contributed by atoms with Gasteiger partial charge in [-0.3, -0.25) is 38.9 Å². The molecule has 12 heteroatoms. The van der Waals surface area contributed by atoms with Gasteiger partial charge in [-0.15, -0.1) is 0 Å².